The predicted molar refractivity (Wildman–Crippen MR) is 158 cm³/mol. The minimum atomic E-state index is -4.81. The number of urea groups is 1. The fourth-order valence-electron chi connectivity index (χ4n) is 4.09. The molecule has 252 valence electrons. The van der Waals surface area contributed by atoms with E-state index in [0.717, 1.165) is 4.90 Å². The van der Waals surface area contributed by atoms with Crippen LogP contribution < -0.4 is 14.8 Å². The standard InChI is InChI=1S/C31H38F3N3O9/c1-28(2,3)44-26(40)37(46-27(41)45-29(4,5)6)21(17-36-24(38)30(7,8)35-25(36)39)18-42-22-13-9-19(10-14-22)20-11-15-23(16-12-20)43-31(32,33)34/h9-16,21H,17-18H2,1-8H3,(H,35,39)/t21-/m0/s1. The highest BCUT2D eigenvalue weighted by molar-refractivity contribution is 6.06. The van der Waals surface area contributed by atoms with Crippen LogP contribution in [0.2, 0.25) is 0 Å². The van der Waals surface area contributed by atoms with Gasteiger partial charge in [-0.2, -0.15) is 0 Å². The van der Waals surface area contributed by atoms with E-state index < -0.39 is 59.9 Å². The molecule has 1 atom stereocenters. The SMILES string of the molecule is CC(C)(C)OC(=O)ON(C(=O)OC(C)(C)C)[C@H](COc1ccc(-c2ccc(OC(F)(F)F)cc2)cc1)CN1C(=O)NC(C)(C)C1=O. The summed E-state index contributed by atoms with van der Waals surface area (Å²) in [6.45, 7) is 11.8. The number of nitrogens with one attached hydrogen (secondary N) is 1. The summed E-state index contributed by atoms with van der Waals surface area (Å²) in [5.41, 5.74) is -1.98. The lowest BCUT2D eigenvalue weighted by molar-refractivity contribution is -0.274. The Labute approximate surface area is 264 Å². The molecule has 1 heterocycles. The van der Waals surface area contributed by atoms with Crippen LogP contribution in [0.5, 0.6) is 11.5 Å². The van der Waals surface area contributed by atoms with Crippen molar-refractivity contribution in [1.29, 1.82) is 0 Å². The van der Waals surface area contributed by atoms with Gasteiger partial charge in [-0.05, 0) is 90.8 Å². The van der Waals surface area contributed by atoms with E-state index in [4.69, 9.17) is 19.0 Å². The summed E-state index contributed by atoms with van der Waals surface area (Å²) in [6, 6.07) is 9.71. The highest BCUT2D eigenvalue weighted by atomic mass is 19.4. The Morgan fingerprint density at radius 2 is 1.35 bits per heavy atom. The number of halogens is 3. The Balaban J connectivity index is 1.87. The molecule has 0 unspecified atom stereocenters. The highest BCUT2D eigenvalue weighted by Crippen LogP contribution is 2.28. The molecule has 1 saturated heterocycles. The van der Waals surface area contributed by atoms with Gasteiger partial charge < -0.3 is 24.3 Å². The monoisotopic (exact) mass is 653 g/mol. The van der Waals surface area contributed by atoms with Gasteiger partial charge in [0, 0.05) is 0 Å². The largest absolute Gasteiger partial charge is 0.573 e. The van der Waals surface area contributed by atoms with Gasteiger partial charge in [0.25, 0.3) is 5.91 Å². The predicted octanol–water partition coefficient (Wildman–Crippen LogP) is 6.43. The van der Waals surface area contributed by atoms with E-state index in [0.29, 0.717) is 16.2 Å². The lowest BCUT2D eigenvalue weighted by atomic mass is 10.1. The molecule has 46 heavy (non-hydrogen) atoms. The van der Waals surface area contributed by atoms with Crippen LogP contribution in [0.4, 0.5) is 27.6 Å². The van der Waals surface area contributed by atoms with Crippen molar-refractivity contribution >= 4 is 24.2 Å². The number of hydroxylamine groups is 2. The molecule has 4 amide bonds. The first-order chi connectivity index (χ1) is 21.0. The zero-order chi connectivity index (χ0) is 34.7. The smallest absolute Gasteiger partial charge is 0.491 e. The molecular formula is C31H38F3N3O9. The molecule has 1 aliphatic rings. The minimum absolute atomic E-state index is 0.282. The second-order valence-corrected chi connectivity index (χ2v) is 12.9. The first-order valence-electron chi connectivity index (χ1n) is 14.2. The van der Waals surface area contributed by atoms with E-state index in [9.17, 15) is 32.3 Å². The third kappa shape index (κ3) is 10.4. The van der Waals surface area contributed by atoms with Crippen molar-refractivity contribution in [1.82, 2.24) is 15.3 Å². The van der Waals surface area contributed by atoms with E-state index in [2.05, 4.69) is 10.1 Å². The zero-order valence-corrected chi connectivity index (χ0v) is 26.8. The minimum Gasteiger partial charge on any atom is -0.491 e. The summed E-state index contributed by atoms with van der Waals surface area (Å²) in [6.07, 6.45) is -7.15. The molecule has 2 aromatic carbocycles. The van der Waals surface area contributed by atoms with Crippen LogP contribution in [0.25, 0.3) is 11.1 Å². The molecule has 0 aromatic heterocycles. The number of ether oxygens (including phenoxy) is 4. The fraction of sp³-hybridized carbons (Fsp3) is 0.484. The summed E-state index contributed by atoms with van der Waals surface area (Å²) in [7, 11) is 0. The van der Waals surface area contributed by atoms with Crippen LogP contribution in [0.3, 0.4) is 0 Å². The number of hydrogen-bond donors (Lipinski definition) is 1. The van der Waals surface area contributed by atoms with Crippen molar-refractivity contribution in [2.45, 2.75) is 84.5 Å². The molecule has 15 heteroatoms. The number of carbonyl (C=O) groups excluding carboxylic acids is 4. The molecule has 0 bridgehead atoms. The quantitative estimate of drug-likeness (QED) is 0.194. The Hall–Kier alpha value is -4.69. The van der Waals surface area contributed by atoms with E-state index in [-0.39, 0.29) is 18.1 Å². The summed E-state index contributed by atoms with van der Waals surface area (Å²) in [5, 5.41) is 3.13. The van der Waals surface area contributed by atoms with Gasteiger partial charge in [0.1, 0.15) is 40.9 Å². The van der Waals surface area contributed by atoms with Gasteiger partial charge in [0.05, 0.1) is 6.54 Å². The lowest BCUT2D eigenvalue weighted by Crippen LogP contribution is -2.53. The molecule has 0 aliphatic carbocycles. The first-order valence-corrected chi connectivity index (χ1v) is 14.2. The molecular weight excluding hydrogens is 615 g/mol. The number of hydrogen-bond acceptors (Lipinski definition) is 9. The van der Waals surface area contributed by atoms with Crippen molar-refractivity contribution < 1.29 is 56.1 Å². The first kappa shape index (κ1) is 35.8. The summed E-state index contributed by atoms with van der Waals surface area (Å²) >= 11 is 0. The van der Waals surface area contributed by atoms with Crippen molar-refractivity contribution in [3.05, 3.63) is 48.5 Å². The molecule has 1 fully saturated rings. The van der Waals surface area contributed by atoms with Gasteiger partial charge in [-0.15, -0.1) is 18.2 Å². The Morgan fingerprint density at radius 3 is 1.78 bits per heavy atom. The lowest BCUT2D eigenvalue weighted by Gasteiger charge is -2.33. The Morgan fingerprint density at radius 1 is 0.848 bits per heavy atom. The number of imide groups is 1. The highest BCUT2D eigenvalue weighted by Gasteiger charge is 2.47. The number of carbonyl (C=O) groups is 4. The maximum absolute atomic E-state index is 13.3. The molecule has 1 aliphatic heterocycles. The van der Waals surface area contributed by atoms with E-state index in [1.807, 2.05) is 0 Å². The van der Waals surface area contributed by atoms with Crippen LogP contribution in [-0.4, -0.2) is 76.4 Å². The third-order valence-electron chi connectivity index (χ3n) is 6.02. The second-order valence-electron chi connectivity index (χ2n) is 12.9. The van der Waals surface area contributed by atoms with Crippen LogP contribution >= 0.6 is 0 Å². The second kappa shape index (κ2) is 13.3. The van der Waals surface area contributed by atoms with E-state index in [1.54, 1.807) is 65.8 Å². The number of amides is 4. The van der Waals surface area contributed by atoms with Gasteiger partial charge in [0.15, 0.2) is 0 Å². The van der Waals surface area contributed by atoms with Crippen LogP contribution in [0.1, 0.15) is 55.4 Å². The Bertz CT molecular complexity index is 1410. The van der Waals surface area contributed by atoms with E-state index in [1.165, 1.54) is 38.1 Å². The number of alkyl halides is 3. The molecule has 0 saturated carbocycles. The van der Waals surface area contributed by atoms with Crippen LogP contribution in [0, 0.1) is 0 Å². The third-order valence-corrected chi connectivity index (χ3v) is 6.02. The number of nitrogens with zero attached hydrogens (tertiary/aromatic N) is 2. The molecule has 12 nitrogen and oxygen atoms in total. The summed E-state index contributed by atoms with van der Waals surface area (Å²) in [5.74, 6) is -0.663. The van der Waals surface area contributed by atoms with Gasteiger partial charge in [-0.3, -0.25) is 14.5 Å². The van der Waals surface area contributed by atoms with Crippen molar-refractivity contribution in [3.63, 3.8) is 0 Å². The van der Waals surface area contributed by atoms with Gasteiger partial charge in [-0.25, -0.2) is 14.4 Å². The van der Waals surface area contributed by atoms with Gasteiger partial charge >= 0.3 is 24.6 Å². The average Bonchev–Trinajstić information content (AvgIpc) is 3.08. The molecule has 1 N–H and O–H groups in total. The van der Waals surface area contributed by atoms with Crippen molar-refractivity contribution in [3.8, 4) is 22.6 Å². The maximum atomic E-state index is 13.3. The summed E-state index contributed by atoms with van der Waals surface area (Å²) < 4.78 is 57.9. The molecule has 2 aromatic rings. The molecule has 0 radical (unpaired) electrons. The molecule has 0 spiro atoms. The zero-order valence-electron chi connectivity index (χ0n) is 26.8. The van der Waals surface area contributed by atoms with Crippen LogP contribution in [0.15, 0.2) is 48.5 Å². The van der Waals surface area contributed by atoms with Gasteiger partial charge in [0.2, 0.25) is 0 Å². The molecule has 3 rings (SSSR count). The average molecular weight is 654 g/mol. The Kier molecular flexibility index (Phi) is 10.4. The van der Waals surface area contributed by atoms with Crippen molar-refractivity contribution in [2.24, 2.45) is 0 Å². The summed E-state index contributed by atoms with van der Waals surface area (Å²) in [4.78, 5) is 57.9. The normalized spacial score (nSPS) is 15.5. The topological polar surface area (TPSA) is 133 Å². The maximum Gasteiger partial charge on any atom is 0.573 e. The number of rotatable bonds is 8. The number of benzene rings is 2. The van der Waals surface area contributed by atoms with E-state index >= 15 is 0 Å². The fourth-order valence-corrected chi connectivity index (χ4v) is 4.09. The van der Waals surface area contributed by atoms with Gasteiger partial charge in [-0.1, -0.05) is 24.3 Å². The van der Waals surface area contributed by atoms with Crippen molar-refractivity contribution in [2.75, 3.05) is 13.2 Å². The van der Waals surface area contributed by atoms with Crippen LogP contribution in [-0.2, 0) is 19.1 Å².